The van der Waals surface area contributed by atoms with Gasteiger partial charge in [0.15, 0.2) is 0 Å². The average molecular weight is 412 g/mol. The highest BCUT2D eigenvalue weighted by atomic mass is 19.1. The topological polar surface area (TPSA) is 66.9 Å². The molecule has 2 N–H and O–H groups in total. The Morgan fingerprint density at radius 2 is 1.61 bits per heavy atom. The number of carbonyl (C=O) groups is 1. The second-order valence-corrected chi connectivity index (χ2v) is 7.17. The van der Waals surface area contributed by atoms with Crippen LogP contribution in [0.4, 0.5) is 15.9 Å². The summed E-state index contributed by atoms with van der Waals surface area (Å²) in [7, 11) is 0. The van der Waals surface area contributed by atoms with Gasteiger partial charge in [0.05, 0.1) is 5.69 Å². The summed E-state index contributed by atoms with van der Waals surface area (Å²) in [5, 5.41) is 6.07. The number of nitrogens with one attached hydrogen (secondary N) is 2. The van der Waals surface area contributed by atoms with Crippen molar-refractivity contribution >= 4 is 17.4 Å². The van der Waals surface area contributed by atoms with E-state index < -0.39 is 0 Å². The molecule has 0 unspecified atom stereocenters. The second kappa shape index (κ2) is 9.17. The zero-order chi connectivity index (χ0) is 21.6. The fourth-order valence-electron chi connectivity index (χ4n) is 3.05. The molecule has 0 saturated heterocycles. The maximum absolute atomic E-state index is 13.0. The van der Waals surface area contributed by atoms with E-state index >= 15 is 0 Å². The lowest BCUT2D eigenvalue weighted by Crippen LogP contribution is -2.22. The molecule has 0 aliphatic heterocycles. The predicted molar refractivity (Wildman–Crippen MR) is 119 cm³/mol. The highest BCUT2D eigenvalue weighted by Crippen LogP contribution is 2.21. The Bertz CT molecular complexity index is 1170. The molecule has 0 spiro atoms. The van der Waals surface area contributed by atoms with E-state index in [9.17, 15) is 9.18 Å². The first-order chi connectivity index (χ1) is 15.1. The Labute approximate surface area is 180 Å². The lowest BCUT2D eigenvalue weighted by Gasteiger charge is -2.09. The van der Waals surface area contributed by atoms with Crippen LogP contribution in [0, 0.1) is 12.7 Å². The second-order valence-electron chi connectivity index (χ2n) is 7.17. The van der Waals surface area contributed by atoms with Crippen LogP contribution in [0.1, 0.15) is 21.5 Å². The van der Waals surface area contributed by atoms with Gasteiger partial charge >= 0.3 is 0 Å². The molecule has 0 saturated carbocycles. The third-order valence-electron chi connectivity index (χ3n) is 4.80. The molecule has 6 heteroatoms. The van der Waals surface area contributed by atoms with E-state index in [0.717, 1.165) is 22.5 Å². The number of carbonyl (C=O) groups excluding carboxylic acids is 1. The highest BCUT2D eigenvalue weighted by molar-refractivity contribution is 5.94. The highest BCUT2D eigenvalue weighted by Gasteiger charge is 2.07. The standard InChI is InChI=1S/C25H21FN4O/c1-17-2-6-19(7-3-17)23-14-24(29-16-28-23)30-22-12-8-20(9-13-22)25(31)27-15-18-4-10-21(26)11-5-18/h2-14,16H,15H2,1H3,(H,27,31)(H,28,29,30). The van der Waals surface area contributed by atoms with Crippen LogP contribution in [-0.4, -0.2) is 15.9 Å². The number of hydrogen-bond acceptors (Lipinski definition) is 4. The van der Waals surface area contributed by atoms with E-state index in [4.69, 9.17) is 0 Å². The summed E-state index contributed by atoms with van der Waals surface area (Å²) >= 11 is 0. The smallest absolute Gasteiger partial charge is 0.251 e. The first-order valence-corrected chi connectivity index (χ1v) is 9.86. The number of aryl methyl sites for hydroxylation is 1. The Morgan fingerprint density at radius 1 is 0.903 bits per heavy atom. The molecule has 0 aliphatic rings. The molecule has 154 valence electrons. The fourth-order valence-corrected chi connectivity index (χ4v) is 3.05. The minimum Gasteiger partial charge on any atom is -0.348 e. The molecule has 1 heterocycles. The van der Waals surface area contributed by atoms with Crippen molar-refractivity contribution in [2.75, 3.05) is 5.32 Å². The minimum atomic E-state index is -0.298. The van der Waals surface area contributed by atoms with Crippen LogP contribution in [0.3, 0.4) is 0 Å². The fraction of sp³-hybridized carbons (Fsp3) is 0.0800. The number of anilines is 2. The van der Waals surface area contributed by atoms with E-state index in [0.29, 0.717) is 17.9 Å². The number of benzene rings is 3. The third kappa shape index (κ3) is 5.30. The van der Waals surface area contributed by atoms with Gasteiger partial charge in [0.2, 0.25) is 0 Å². The molecule has 31 heavy (non-hydrogen) atoms. The van der Waals surface area contributed by atoms with Gasteiger partial charge in [-0.15, -0.1) is 0 Å². The molecule has 0 atom stereocenters. The monoisotopic (exact) mass is 412 g/mol. The first-order valence-electron chi connectivity index (χ1n) is 9.86. The Balaban J connectivity index is 1.39. The Kier molecular flexibility index (Phi) is 5.98. The molecule has 1 aromatic heterocycles. The lowest BCUT2D eigenvalue weighted by molar-refractivity contribution is 0.0951. The number of halogens is 1. The van der Waals surface area contributed by atoms with Crippen molar-refractivity contribution in [3.05, 3.63) is 108 Å². The van der Waals surface area contributed by atoms with Gasteiger partial charge in [0.1, 0.15) is 18.0 Å². The maximum atomic E-state index is 13.0. The summed E-state index contributed by atoms with van der Waals surface area (Å²) in [4.78, 5) is 21.0. The van der Waals surface area contributed by atoms with Crippen LogP contribution in [-0.2, 0) is 6.54 Å². The Hall–Kier alpha value is -4.06. The van der Waals surface area contributed by atoms with Gasteiger partial charge < -0.3 is 10.6 Å². The van der Waals surface area contributed by atoms with Crippen LogP contribution in [0.25, 0.3) is 11.3 Å². The van der Waals surface area contributed by atoms with Gasteiger partial charge in [-0.1, -0.05) is 42.0 Å². The molecule has 0 aliphatic carbocycles. The summed E-state index contributed by atoms with van der Waals surface area (Å²) in [5.74, 6) is 0.173. The van der Waals surface area contributed by atoms with E-state index in [1.54, 1.807) is 24.3 Å². The van der Waals surface area contributed by atoms with E-state index in [-0.39, 0.29) is 11.7 Å². The molecule has 1 amide bonds. The third-order valence-corrected chi connectivity index (χ3v) is 4.80. The SMILES string of the molecule is Cc1ccc(-c2cc(Nc3ccc(C(=O)NCc4ccc(F)cc4)cc3)ncn2)cc1. The first kappa shape index (κ1) is 20.2. The van der Waals surface area contributed by atoms with E-state index in [1.165, 1.54) is 24.0 Å². The van der Waals surface area contributed by atoms with Crippen molar-refractivity contribution in [1.29, 1.82) is 0 Å². The maximum Gasteiger partial charge on any atom is 0.251 e. The number of hydrogen-bond donors (Lipinski definition) is 2. The summed E-state index contributed by atoms with van der Waals surface area (Å²) in [6, 6.07) is 23.2. The largest absolute Gasteiger partial charge is 0.348 e. The summed E-state index contributed by atoms with van der Waals surface area (Å²) in [6.45, 7) is 2.38. The van der Waals surface area contributed by atoms with Gasteiger partial charge in [0.25, 0.3) is 5.91 Å². The Morgan fingerprint density at radius 3 is 2.32 bits per heavy atom. The van der Waals surface area contributed by atoms with Gasteiger partial charge in [0, 0.05) is 29.4 Å². The minimum absolute atomic E-state index is 0.195. The number of aromatic nitrogens is 2. The van der Waals surface area contributed by atoms with Gasteiger partial charge in [-0.2, -0.15) is 0 Å². The zero-order valence-corrected chi connectivity index (χ0v) is 17.0. The van der Waals surface area contributed by atoms with E-state index in [1.807, 2.05) is 49.4 Å². The predicted octanol–water partition coefficient (Wildman–Crippen LogP) is 5.26. The average Bonchev–Trinajstić information content (AvgIpc) is 2.80. The summed E-state index contributed by atoms with van der Waals surface area (Å²) in [6.07, 6.45) is 1.52. The molecule has 0 bridgehead atoms. The van der Waals surface area contributed by atoms with Crippen LogP contribution in [0.2, 0.25) is 0 Å². The van der Waals surface area contributed by atoms with E-state index in [2.05, 4.69) is 20.6 Å². The summed E-state index contributed by atoms with van der Waals surface area (Å²) in [5.41, 5.74) is 5.22. The van der Waals surface area contributed by atoms with Crippen molar-refractivity contribution < 1.29 is 9.18 Å². The molecule has 4 aromatic rings. The van der Waals surface area contributed by atoms with Crippen LogP contribution in [0.15, 0.2) is 85.2 Å². The van der Waals surface area contributed by atoms with Crippen molar-refractivity contribution in [3.63, 3.8) is 0 Å². The lowest BCUT2D eigenvalue weighted by atomic mass is 10.1. The van der Waals surface area contributed by atoms with Crippen LogP contribution >= 0.6 is 0 Å². The molecule has 5 nitrogen and oxygen atoms in total. The molecule has 0 radical (unpaired) electrons. The molecule has 4 rings (SSSR count). The zero-order valence-electron chi connectivity index (χ0n) is 17.0. The van der Waals surface area contributed by atoms with Crippen molar-refractivity contribution in [3.8, 4) is 11.3 Å². The molecule has 0 fully saturated rings. The van der Waals surface area contributed by atoms with Gasteiger partial charge in [-0.25, -0.2) is 14.4 Å². The number of nitrogens with zero attached hydrogens (tertiary/aromatic N) is 2. The van der Waals surface area contributed by atoms with Crippen LogP contribution in [0.5, 0.6) is 0 Å². The molecule has 3 aromatic carbocycles. The van der Waals surface area contributed by atoms with Crippen molar-refractivity contribution in [2.45, 2.75) is 13.5 Å². The van der Waals surface area contributed by atoms with Crippen molar-refractivity contribution in [2.24, 2.45) is 0 Å². The molecular weight excluding hydrogens is 391 g/mol. The number of rotatable bonds is 6. The number of amides is 1. The normalized spacial score (nSPS) is 10.5. The molecular formula is C25H21FN4O. The van der Waals surface area contributed by atoms with Gasteiger partial charge in [-0.05, 0) is 48.9 Å². The summed E-state index contributed by atoms with van der Waals surface area (Å²) < 4.78 is 13.0. The quantitative estimate of drug-likeness (QED) is 0.453. The van der Waals surface area contributed by atoms with Gasteiger partial charge in [-0.3, -0.25) is 4.79 Å². The van der Waals surface area contributed by atoms with Crippen molar-refractivity contribution in [1.82, 2.24) is 15.3 Å². The van der Waals surface area contributed by atoms with Crippen LogP contribution < -0.4 is 10.6 Å².